The molecule has 0 saturated carbocycles. The van der Waals surface area contributed by atoms with Crippen molar-refractivity contribution in [3.8, 4) is 0 Å². The summed E-state index contributed by atoms with van der Waals surface area (Å²) >= 11 is 17.5. The smallest absolute Gasteiger partial charge is 0.287 e. The van der Waals surface area contributed by atoms with Crippen LogP contribution in [0.2, 0.25) is 0 Å². The standard InChI is InChI=1S/C10H11Cl3N2O4/c1-5-7(4-16)9(17,10(11,12)13)8-2-6(15(18)19)3-14(5)8/h2-3,5,7,16-17H,4H2,1H3/t5-,7-,9-/m1/s1. The monoisotopic (exact) mass is 328 g/mol. The van der Waals surface area contributed by atoms with E-state index in [1.807, 2.05) is 0 Å². The summed E-state index contributed by atoms with van der Waals surface area (Å²) in [5.41, 5.74) is -2.07. The largest absolute Gasteiger partial charge is 0.396 e. The topological polar surface area (TPSA) is 88.5 Å². The van der Waals surface area contributed by atoms with Gasteiger partial charge in [-0.15, -0.1) is 0 Å². The van der Waals surface area contributed by atoms with Gasteiger partial charge in [-0.05, 0) is 6.92 Å². The highest BCUT2D eigenvalue weighted by Gasteiger charge is 2.61. The summed E-state index contributed by atoms with van der Waals surface area (Å²) < 4.78 is -0.657. The maximum Gasteiger partial charge on any atom is 0.287 e. The van der Waals surface area contributed by atoms with E-state index in [1.54, 1.807) is 6.92 Å². The number of fused-ring (bicyclic) bond motifs is 1. The van der Waals surface area contributed by atoms with Crippen LogP contribution in [-0.4, -0.2) is 30.1 Å². The Morgan fingerprint density at radius 1 is 1.58 bits per heavy atom. The van der Waals surface area contributed by atoms with Crippen molar-refractivity contribution in [3.63, 3.8) is 0 Å². The van der Waals surface area contributed by atoms with Crippen LogP contribution in [0.15, 0.2) is 12.3 Å². The van der Waals surface area contributed by atoms with E-state index in [1.165, 1.54) is 10.8 Å². The summed E-state index contributed by atoms with van der Waals surface area (Å²) in [7, 11) is 0. The molecule has 0 amide bonds. The molecule has 0 fully saturated rings. The lowest BCUT2D eigenvalue weighted by Crippen LogP contribution is -2.46. The van der Waals surface area contributed by atoms with Crippen molar-refractivity contribution in [2.24, 2.45) is 5.92 Å². The molecule has 0 spiro atoms. The van der Waals surface area contributed by atoms with Crippen LogP contribution in [0.3, 0.4) is 0 Å². The molecule has 2 rings (SSSR count). The second kappa shape index (κ2) is 4.49. The first-order valence-corrected chi connectivity index (χ1v) is 6.54. The van der Waals surface area contributed by atoms with Crippen molar-refractivity contribution in [2.45, 2.75) is 22.4 Å². The van der Waals surface area contributed by atoms with Crippen LogP contribution in [0.5, 0.6) is 0 Å². The zero-order chi connectivity index (χ0) is 14.6. The van der Waals surface area contributed by atoms with Crippen LogP contribution in [0.25, 0.3) is 0 Å². The summed E-state index contributed by atoms with van der Waals surface area (Å²) in [6, 6.07) is 0.725. The van der Waals surface area contributed by atoms with E-state index in [4.69, 9.17) is 34.8 Å². The van der Waals surface area contributed by atoms with Crippen molar-refractivity contribution >= 4 is 40.5 Å². The summed E-state index contributed by atoms with van der Waals surface area (Å²) in [4.78, 5) is 10.2. The number of aliphatic hydroxyl groups excluding tert-OH is 1. The van der Waals surface area contributed by atoms with E-state index in [-0.39, 0.29) is 11.4 Å². The maximum absolute atomic E-state index is 10.8. The number of rotatable bonds is 2. The molecule has 19 heavy (non-hydrogen) atoms. The number of nitro groups is 1. The van der Waals surface area contributed by atoms with Gasteiger partial charge in [-0.3, -0.25) is 10.1 Å². The average Bonchev–Trinajstić information content (AvgIpc) is 2.79. The quantitative estimate of drug-likeness (QED) is 0.494. The van der Waals surface area contributed by atoms with Crippen molar-refractivity contribution in [1.82, 2.24) is 4.57 Å². The molecule has 1 aliphatic rings. The van der Waals surface area contributed by atoms with Gasteiger partial charge in [-0.25, -0.2) is 0 Å². The van der Waals surface area contributed by atoms with Gasteiger partial charge in [0.15, 0.2) is 5.60 Å². The van der Waals surface area contributed by atoms with E-state index >= 15 is 0 Å². The molecule has 0 aromatic carbocycles. The molecule has 2 heterocycles. The van der Waals surface area contributed by atoms with Crippen molar-refractivity contribution in [3.05, 3.63) is 28.1 Å². The van der Waals surface area contributed by atoms with Crippen LogP contribution >= 0.6 is 34.8 Å². The number of hydrogen-bond donors (Lipinski definition) is 2. The lowest BCUT2D eigenvalue weighted by atomic mass is 9.85. The first-order chi connectivity index (χ1) is 8.64. The minimum absolute atomic E-state index is 0.116. The highest BCUT2D eigenvalue weighted by Crippen LogP contribution is 2.57. The molecule has 6 nitrogen and oxygen atoms in total. The Bertz CT molecular complexity index is 527. The Balaban J connectivity index is 2.65. The number of aliphatic hydroxyl groups is 2. The van der Waals surface area contributed by atoms with Gasteiger partial charge in [0, 0.05) is 18.0 Å². The fourth-order valence-corrected chi connectivity index (χ4v) is 3.29. The van der Waals surface area contributed by atoms with Crippen molar-refractivity contribution in [2.75, 3.05) is 6.61 Å². The number of halogens is 3. The predicted molar refractivity (Wildman–Crippen MR) is 70.6 cm³/mol. The minimum Gasteiger partial charge on any atom is -0.396 e. The number of hydrogen-bond acceptors (Lipinski definition) is 4. The van der Waals surface area contributed by atoms with Crippen molar-refractivity contribution < 1.29 is 15.1 Å². The Hall–Kier alpha value is -0.530. The summed E-state index contributed by atoms with van der Waals surface area (Å²) in [5.74, 6) is -0.768. The first-order valence-electron chi connectivity index (χ1n) is 5.41. The fourth-order valence-electron chi connectivity index (χ4n) is 2.58. The van der Waals surface area contributed by atoms with Gasteiger partial charge in [0.1, 0.15) is 0 Å². The minimum atomic E-state index is -2.12. The molecule has 0 bridgehead atoms. The molecule has 1 aromatic heterocycles. The van der Waals surface area contributed by atoms with Gasteiger partial charge in [0.05, 0.1) is 23.4 Å². The maximum atomic E-state index is 10.8. The van der Waals surface area contributed by atoms with Gasteiger partial charge in [-0.2, -0.15) is 0 Å². The second-order valence-corrected chi connectivity index (χ2v) is 6.82. The average molecular weight is 330 g/mol. The third-order valence-electron chi connectivity index (χ3n) is 3.62. The molecule has 2 N–H and O–H groups in total. The van der Waals surface area contributed by atoms with Gasteiger partial charge in [0.2, 0.25) is 3.79 Å². The Morgan fingerprint density at radius 2 is 2.16 bits per heavy atom. The van der Waals surface area contributed by atoms with Crippen LogP contribution in [-0.2, 0) is 5.60 Å². The van der Waals surface area contributed by atoms with Gasteiger partial charge < -0.3 is 14.8 Å². The Labute approximate surface area is 123 Å². The fraction of sp³-hybridized carbons (Fsp3) is 0.600. The van der Waals surface area contributed by atoms with E-state index < -0.39 is 32.9 Å². The van der Waals surface area contributed by atoms with Gasteiger partial charge >= 0.3 is 0 Å². The molecule has 0 unspecified atom stereocenters. The Kier molecular flexibility index (Phi) is 3.52. The molecule has 0 saturated heterocycles. The molecule has 9 heteroatoms. The molecular formula is C10H11Cl3N2O4. The van der Waals surface area contributed by atoms with Crippen molar-refractivity contribution in [1.29, 1.82) is 0 Å². The van der Waals surface area contributed by atoms with E-state index in [0.29, 0.717) is 0 Å². The molecule has 106 valence electrons. The molecule has 3 atom stereocenters. The predicted octanol–water partition coefficient (Wildman–Crippen LogP) is 2.14. The molecule has 1 aliphatic heterocycles. The van der Waals surface area contributed by atoms with Crippen LogP contribution in [0.1, 0.15) is 18.7 Å². The lowest BCUT2D eigenvalue weighted by Gasteiger charge is -2.35. The van der Waals surface area contributed by atoms with Crippen LogP contribution < -0.4 is 0 Å². The summed E-state index contributed by atoms with van der Waals surface area (Å²) in [6.07, 6.45) is 1.26. The van der Waals surface area contributed by atoms with E-state index in [9.17, 15) is 20.3 Å². The lowest BCUT2D eigenvalue weighted by molar-refractivity contribution is -0.385. The molecular weight excluding hydrogens is 318 g/mol. The van der Waals surface area contributed by atoms with E-state index in [0.717, 1.165) is 6.07 Å². The third kappa shape index (κ3) is 1.94. The second-order valence-electron chi connectivity index (χ2n) is 4.54. The molecule has 1 aromatic rings. The summed E-state index contributed by atoms with van der Waals surface area (Å²) in [6.45, 7) is 1.27. The van der Waals surface area contributed by atoms with Crippen LogP contribution in [0.4, 0.5) is 5.69 Å². The van der Waals surface area contributed by atoms with Gasteiger partial charge in [0.25, 0.3) is 5.69 Å². The zero-order valence-electron chi connectivity index (χ0n) is 9.76. The van der Waals surface area contributed by atoms with Gasteiger partial charge in [-0.1, -0.05) is 34.8 Å². The Morgan fingerprint density at radius 3 is 2.58 bits per heavy atom. The SMILES string of the molecule is C[C@@H]1[C@@H](CO)[C@](O)(C(Cl)(Cl)Cl)c2cc([N+](=O)[O-])cn21. The highest BCUT2D eigenvalue weighted by molar-refractivity contribution is 6.68. The number of alkyl halides is 3. The molecule has 0 radical (unpaired) electrons. The zero-order valence-corrected chi connectivity index (χ0v) is 12.0. The first kappa shape index (κ1) is 14.9. The summed E-state index contributed by atoms with van der Waals surface area (Å²) in [5, 5.41) is 30.9. The normalized spacial score (nSPS) is 30.4. The van der Waals surface area contributed by atoms with Crippen LogP contribution in [0, 0.1) is 16.0 Å². The number of aromatic nitrogens is 1. The third-order valence-corrected chi connectivity index (χ3v) is 4.49. The number of nitrogens with zero attached hydrogens (tertiary/aromatic N) is 2. The van der Waals surface area contributed by atoms with E-state index in [2.05, 4.69) is 0 Å². The highest BCUT2D eigenvalue weighted by atomic mass is 35.6. The molecule has 0 aliphatic carbocycles.